The van der Waals surface area contributed by atoms with Crippen molar-refractivity contribution in [3.05, 3.63) is 28.2 Å². The Morgan fingerprint density at radius 3 is 2.67 bits per heavy atom. The van der Waals surface area contributed by atoms with Gasteiger partial charge in [-0.15, -0.1) is 0 Å². The van der Waals surface area contributed by atoms with E-state index < -0.39 is 0 Å². The van der Waals surface area contributed by atoms with Gasteiger partial charge >= 0.3 is 0 Å². The molecule has 0 bridgehead atoms. The highest BCUT2D eigenvalue weighted by atomic mass is 35.5. The van der Waals surface area contributed by atoms with E-state index in [2.05, 4.69) is 17.3 Å². The van der Waals surface area contributed by atoms with Gasteiger partial charge in [0.2, 0.25) is 5.91 Å². The standard InChI is InChI=1S/C13H16Cl2N2O/c1-17-7-5-9(6-8-17)13(18)16-11-4-2-3-10(14)12(11)15/h2-4,9H,5-8H2,1H3,(H,16,18). The predicted molar refractivity (Wildman–Crippen MR) is 75.3 cm³/mol. The summed E-state index contributed by atoms with van der Waals surface area (Å²) in [6.07, 6.45) is 1.78. The second kappa shape index (κ2) is 5.91. The second-order valence-electron chi connectivity index (χ2n) is 4.67. The third kappa shape index (κ3) is 3.16. The molecular formula is C13H16Cl2N2O. The molecular weight excluding hydrogens is 271 g/mol. The predicted octanol–water partition coefficient (Wildman–Crippen LogP) is 3.27. The number of hydrogen-bond donors (Lipinski definition) is 1. The molecule has 1 aliphatic heterocycles. The first kappa shape index (κ1) is 13.7. The summed E-state index contributed by atoms with van der Waals surface area (Å²) in [6, 6.07) is 5.24. The van der Waals surface area contributed by atoms with E-state index in [1.807, 2.05) is 0 Å². The first-order valence-corrected chi connectivity index (χ1v) is 6.77. The molecule has 18 heavy (non-hydrogen) atoms. The molecule has 1 N–H and O–H groups in total. The summed E-state index contributed by atoms with van der Waals surface area (Å²) in [4.78, 5) is 14.3. The van der Waals surface area contributed by atoms with Crippen LogP contribution in [0.25, 0.3) is 0 Å². The Morgan fingerprint density at radius 2 is 2.00 bits per heavy atom. The fourth-order valence-electron chi connectivity index (χ4n) is 2.11. The number of piperidine rings is 1. The summed E-state index contributed by atoms with van der Waals surface area (Å²) in [5.41, 5.74) is 0.591. The van der Waals surface area contributed by atoms with Gasteiger partial charge in [-0.05, 0) is 45.1 Å². The van der Waals surface area contributed by atoms with E-state index in [-0.39, 0.29) is 11.8 Å². The number of nitrogens with one attached hydrogen (secondary N) is 1. The summed E-state index contributed by atoms with van der Waals surface area (Å²) in [5.74, 6) is 0.100. The molecule has 0 saturated carbocycles. The topological polar surface area (TPSA) is 32.3 Å². The fraction of sp³-hybridized carbons (Fsp3) is 0.462. The average molecular weight is 287 g/mol. The molecule has 1 heterocycles. The second-order valence-corrected chi connectivity index (χ2v) is 5.45. The van der Waals surface area contributed by atoms with Gasteiger partial charge < -0.3 is 10.2 Å². The number of nitrogens with zero attached hydrogens (tertiary/aromatic N) is 1. The van der Waals surface area contributed by atoms with E-state index >= 15 is 0 Å². The van der Waals surface area contributed by atoms with Gasteiger partial charge in [0.15, 0.2) is 0 Å². The summed E-state index contributed by atoms with van der Waals surface area (Å²) < 4.78 is 0. The fourth-order valence-corrected chi connectivity index (χ4v) is 2.45. The van der Waals surface area contributed by atoms with Crippen molar-refractivity contribution in [3.63, 3.8) is 0 Å². The highest BCUT2D eigenvalue weighted by Gasteiger charge is 2.23. The Kier molecular flexibility index (Phi) is 4.49. The number of likely N-dealkylation sites (tertiary alicyclic amines) is 1. The van der Waals surface area contributed by atoms with Crippen LogP contribution in [0.4, 0.5) is 5.69 Å². The van der Waals surface area contributed by atoms with Crippen LogP contribution in [0.1, 0.15) is 12.8 Å². The molecule has 5 heteroatoms. The van der Waals surface area contributed by atoms with Crippen LogP contribution in [0, 0.1) is 5.92 Å². The summed E-state index contributed by atoms with van der Waals surface area (Å²) >= 11 is 12.0. The van der Waals surface area contributed by atoms with Crippen LogP contribution < -0.4 is 5.32 Å². The Hall–Kier alpha value is -0.770. The van der Waals surface area contributed by atoms with E-state index in [0.717, 1.165) is 25.9 Å². The highest BCUT2D eigenvalue weighted by Crippen LogP contribution is 2.30. The lowest BCUT2D eigenvalue weighted by Gasteiger charge is -2.28. The Labute approximate surface area is 117 Å². The molecule has 0 atom stereocenters. The molecule has 1 saturated heterocycles. The van der Waals surface area contributed by atoms with Crippen LogP contribution in [-0.2, 0) is 4.79 Å². The van der Waals surface area contributed by atoms with Crippen molar-refractivity contribution < 1.29 is 4.79 Å². The number of amides is 1. The van der Waals surface area contributed by atoms with E-state index in [1.54, 1.807) is 18.2 Å². The van der Waals surface area contributed by atoms with Gasteiger partial charge in [-0.3, -0.25) is 4.79 Å². The van der Waals surface area contributed by atoms with Gasteiger partial charge in [-0.2, -0.15) is 0 Å². The molecule has 0 unspecified atom stereocenters. The molecule has 0 aliphatic carbocycles. The van der Waals surface area contributed by atoms with Crippen molar-refractivity contribution in [2.75, 3.05) is 25.5 Å². The molecule has 1 aromatic carbocycles. The minimum atomic E-state index is 0.0345. The number of rotatable bonds is 2. The van der Waals surface area contributed by atoms with Gasteiger partial charge in [0.05, 0.1) is 15.7 Å². The number of carbonyl (C=O) groups excluding carboxylic acids is 1. The van der Waals surface area contributed by atoms with Crippen molar-refractivity contribution in [2.24, 2.45) is 5.92 Å². The Bertz CT molecular complexity index is 443. The molecule has 2 rings (SSSR count). The van der Waals surface area contributed by atoms with Gasteiger partial charge in [-0.25, -0.2) is 0 Å². The van der Waals surface area contributed by atoms with E-state index in [0.29, 0.717) is 15.7 Å². The summed E-state index contributed by atoms with van der Waals surface area (Å²) in [5, 5.41) is 3.72. The lowest BCUT2D eigenvalue weighted by Crippen LogP contribution is -2.35. The Morgan fingerprint density at radius 1 is 1.33 bits per heavy atom. The van der Waals surface area contributed by atoms with Crippen LogP contribution in [0.3, 0.4) is 0 Å². The van der Waals surface area contributed by atoms with Crippen LogP contribution in [0.5, 0.6) is 0 Å². The number of anilines is 1. The van der Waals surface area contributed by atoms with Crippen LogP contribution >= 0.6 is 23.2 Å². The zero-order chi connectivity index (χ0) is 13.1. The normalized spacial score (nSPS) is 17.7. The van der Waals surface area contributed by atoms with Crippen LogP contribution in [-0.4, -0.2) is 30.9 Å². The van der Waals surface area contributed by atoms with E-state index in [1.165, 1.54) is 0 Å². The molecule has 0 aromatic heterocycles. The first-order chi connectivity index (χ1) is 8.58. The van der Waals surface area contributed by atoms with Crippen molar-refractivity contribution >= 4 is 34.8 Å². The minimum absolute atomic E-state index is 0.0345. The highest BCUT2D eigenvalue weighted by molar-refractivity contribution is 6.43. The zero-order valence-electron chi connectivity index (χ0n) is 10.2. The molecule has 3 nitrogen and oxygen atoms in total. The molecule has 1 aromatic rings. The SMILES string of the molecule is CN1CCC(C(=O)Nc2cccc(Cl)c2Cl)CC1. The molecule has 0 radical (unpaired) electrons. The van der Waals surface area contributed by atoms with Crippen LogP contribution in [0.15, 0.2) is 18.2 Å². The zero-order valence-corrected chi connectivity index (χ0v) is 11.8. The quantitative estimate of drug-likeness (QED) is 0.905. The molecule has 1 fully saturated rings. The Balaban J connectivity index is 2.01. The van der Waals surface area contributed by atoms with E-state index in [9.17, 15) is 4.79 Å². The smallest absolute Gasteiger partial charge is 0.227 e. The maximum atomic E-state index is 12.1. The summed E-state index contributed by atoms with van der Waals surface area (Å²) in [6.45, 7) is 1.92. The largest absolute Gasteiger partial charge is 0.324 e. The van der Waals surface area contributed by atoms with Crippen molar-refractivity contribution in [1.29, 1.82) is 0 Å². The first-order valence-electron chi connectivity index (χ1n) is 6.01. The minimum Gasteiger partial charge on any atom is -0.324 e. The third-order valence-corrected chi connectivity index (χ3v) is 4.12. The number of benzene rings is 1. The average Bonchev–Trinajstić information content (AvgIpc) is 2.36. The monoisotopic (exact) mass is 286 g/mol. The number of halogens is 2. The van der Waals surface area contributed by atoms with Gasteiger partial charge in [0.1, 0.15) is 0 Å². The number of carbonyl (C=O) groups is 1. The molecule has 0 spiro atoms. The summed E-state index contributed by atoms with van der Waals surface area (Å²) in [7, 11) is 2.07. The molecule has 1 amide bonds. The molecule has 98 valence electrons. The van der Waals surface area contributed by atoms with Gasteiger partial charge in [0.25, 0.3) is 0 Å². The lowest BCUT2D eigenvalue weighted by molar-refractivity contribution is -0.121. The maximum absolute atomic E-state index is 12.1. The van der Waals surface area contributed by atoms with Gasteiger partial charge in [0, 0.05) is 5.92 Å². The van der Waals surface area contributed by atoms with Crippen molar-refractivity contribution in [3.8, 4) is 0 Å². The lowest BCUT2D eigenvalue weighted by atomic mass is 9.96. The van der Waals surface area contributed by atoms with Crippen LogP contribution in [0.2, 0.25) is 10.0 Å². The third-order valence-electron chi connectivity index (χ3n) is 3.30. The molecule has 1 aliphatic rings. The maximum Gasteiger partial charge on any atom is 0.227 e. The van der Waals surface area contributed by atoms with Crippen molar-refractivity contribution in [1.82, 2.24) is 4.90 Å². The van der Waals surface area contributed by atoms with E-state index in [4.69, 9.17) is 23.2 Å². The number of hydrogen-bond acceptors (Lipinski definition) is 2. The van der Waals surface area contributed by atoms with Crippen molar-refractivity contribution in [2.45, 2.75) is 12.8 Å². The van der Waals surface area contributed by atoms with Gasteiger partial charge in [-0.1, -0.05) is 29.3 Å².